The maximum absolute atomic E-state index is 12.0. The predicted octanol–water partition coefficient (Wildman–Crippen LogP) is 4.88. The second-order valence-electron chi connectivity index (χ2n) is 6.96. The normalized spacial score (nSPS) is 16.4. The first-order valence-corrected chi connectivity index (χ1v) is 8.29. The highest BCUT2D eigenvalue weighted by Crippen LogP contribution is 2.24. The molecule has 25 heavy (non-hydrogen) atoms. The molecule has 0 N–H and O–H groups in total. The fourth-order valence-corrected chi connectivity index (χ4v) is 2.47. The van der Waals surface area contributed by atoms with Crippen LogP contribution in [-0.2, 0) is 14.9 Å². The topological polar surface area (TPSA) is 38.7 Å². The van der Waals surface area contributed by atoms with Crippen molar-refractivity contribution in [1.29, 1.82) is 0 Å². The van der Waals surface area contributed by atoms with Crippen molar-refractivity contribution in [3.05, 3.63) is 89.1 Å². The quantitative estimate of drug-likeness (QED) is 0.593. The fourth-order valence-electron chi connectivity index (χ4n) is 2.47. The van der Waals surface area contributed by atoms with E-state index in [0.29, 0.717) is 11.6 Å². The summed E-state index contributed by atoms with van der Waals surface area (Å²) < 4.78 is 5.30. The average molecular weight is 331 g/mol. The number of rotatable bonds is 3. The Morgan fingerprint density at radius 1 is 0.960 bits per heavy atom. The molecule has 0 bridgehead atoms. The Kier molecular flexibility index (Phi) is 4.66. The lowest BCUT2D eigenvalue weighted by molar-refractivity contribution is -0.130. The van der Waals surface area contributed by atoms with E-state index in [0.717, 1.165) is 11.1 Å². The summed E-state index contributed by atoms with van der Waals surface area (Å²) in [5.74, 6) is -0.0718. The van der Waals surface area contributed by atoms with Gasteiger partial charge in [-0.15, -0.1) is 0 Å². The van der Waals surface area contributed by atoms with E-state index in [4.69, 9.17) is 4.74 Å². The van der Waals surface area contributed by atoms with Gasteiger partial charge in [0.05, 0.1) is 0 Å². The number of allylic oxidation sites excluding steroid dienone is 2. The zero-order valence-corrected chi connectivity index (χ0v) is 14.7. The van der Waals surface area contributed by atoms with Crippen LogP contribution in [0.5, 0.6) is 0 Å². The number of carbonyl (C=O) groups is 1. The number of hydrogen-bond acceptors (Lipinski definition) is 3. The van der Waals surface area contributed by atoms with Crippen molar-refractivity contribution in [2.24, 2.45) is 4.99 Å². The van der Waals surface area contributed by atoms with Crippen LogP contribution in [0.4, 0.5) is 0 Å². The van der Waals surface area contributed by atoms with Gasteiger partial charge in [0.15, 0.2) is 5.70 Å². The van der Waals surface area contributed by atoms with Crippen molar-refractivity contribution in [3.8, 4) is 0 Å². The minimum absolute atomic E-state index is 0.0833. The summed E-state index contributed by atoms with van der Waals surface area (Å²) in [5, 5.41) is 0. The highest BCUT2D eigenvalue weighted by atomic mass is 16.6. The largest absolute Gasteiger partial charge is 0.402 e. The Morgan fingerprint density at radius 2 is 1.64 bits per heavy atom. The first kappa shape index (κ1) is 16.9. The molecule has 2 aromatic rings. The third-order valence-corrected chi connectivity index (χ3v) is 3.96. The second-order valence-corrected chi connectivity index (χ2v) is 6.96. The van der Waals surface area contributed by atoms with Gasteiger partial charge in [0.1, 0.15) is 0 Å². The van der Waals surface area contributed by atoms with Gasteiger partial charge < -0.3 is 4.74 Å². The number of benzene rings is 2. The third kappa shape index (κ3) is 4.13. The molecule has 0 fully saturated rings. The second kappa shape index (κ2) is 6.89. The molecule has 1 heterocycles. The van der Waals surface area contributed by atoms with Gasteiger partial charge in [0.2, 0.25) is 5.90 Å². The van der Waals surface area contributed by atoms with E-state index in [1.807, 2.05) is 60.7 Å². The van der Waals surface area contributed by atoms with Crippen molar-refractivity contribution in [1.82, 2.24) is 0 Å². The van der Waals surface area contributed by atoms with Crippen LogP contribution in [0, 0.1) is 0 Å². The average Bonchev–Trinajstić information content (AvgIpc) is 2.96. The van der Waals surface area contributed by atoms with Gasteiger partial charge in [-0.1, -0.05) is 75.4 Å². The molecule has 126 valence electrons. The van der Waals surface area contributed by atoms with Crippen LogP contribution in [0.3, 0.4) is 0 Å². The van der Waals surface area contributed by atoms with Crippen LogP contribution in [0.1, 0.15) is 37.5 Å². The molecule has 0 radical (unpaired) electrons. The molecule has 3 nitrogen and oxygen atoms in total. The Balaban J connectivity index is 1.78. The molecule has 0 atom stereocenters. The molecule has 0 aromatic heterocycles. The van der Waals surface area contributed by atoms with Crippen molar-refractivity contribution < 1.29 is 9.53 Å². The van der Waals surface area contributed by atoms with Crippen LogP contribution in [0.25, 0.3) is 6.08 Å². The lowest BCUT2D eigenvalue weighted by Crippen LogP contribution is -2.11. The molecule has 3 rings (SSSR count). The molecule has 0 spiro atoms. The number of nitrogens with zero attached hydrogens (tertiary/aromatic N) is 1. The fraction of sp³-hybridized carbons (Fsp3) is 0.182. The highest BCUT2D eigenvalue weighted by Gasteiger charge is 2.24. The molecule has 1 aliphatic heterocycles. The number of esters is 1. The number of hydrogen-bond donors (Lipinski definition) is 0. The van der Waals surface area contributed by atoms with Gasteiger partial charge >= 0.3 is 5.97 Å². The summed E-state index contributed by atoms with van der Waals surface area (Å²) in [6.45, 7) is 6.49. The van der Waals surface area contributed by atoms with Gasteiger partial charge in [0, 0.05) is 5.56 Å². The molecule has 1 aliphatic rings. The summed E-state index contributed by atoms with van der Waals surface area (Å²) in [6.07, 6.45) is 5.40. The van der Waals surface area contributed by atoms with E-state index in [9.17, 15) is 4.79 Å². The standard InChI is InChI=1S/C22H21NO2/c1-22(2,3)18-14-12-17(13-15-18)20-23-19(21(24)25-20)11-7-10-16-8-5-4-6-9-16/h4-15H,1-3H3/b10-7+,19-11+. The Labute approximate surface area is 148 Å². The predicted molar refractivity (Wildman–Crippen MR) is 101 cm³/mol. The zero-order chi connectivity index (χ0) is 17.9. The molecule has 2 aromatic carbocycles. The first-order valence-electron chi connectivity index (χ1n) is 8.29. The molecule has 0 saturated heterocycles. The van der Waals surface area contributed by atoms with E-state index in [-0.39, 0.29) is 5.41 Å². The van der Waals surface area contributed by atoms with E-state index in [1.54, 1.807) is 12.2 Å². The third-order valence-electron chi connectivity index (χ3n) is 3.96. The van der Waals surface area contributed by atoms with Crippen molar-refractivity contribution in [3.63, 3.8) is 0 Å². The molecule has 0 saturated carbocycles. The number of carbonyl (C=O) groups excluding carboxylic acids is 1. The van der Waals surface area contributed by atoms with Crippen LogP contribution in [-0.4, -0.2) is 11.9 Å². The van der Waals surface area contributed by atoms with Crippen LogP contribution < -0.4 is 0 Å². The first-order chi connectivity index (χ1) is 11.9. The minimum atomic E-state index is -0.424. The monoisotopic (exact) mass is 331 g/mol. The van der Waals surface area contributed by atoms with Gasteiger partial charge in [-0.2, -0.15) is 0 Å². The van der Waals surface area contributed by atoms with E-state index in [1.165, 1.54) is 5.56 Å². The van der Waals surface area contributed by atoms with Crippen LogP contribution in [0.15, 0.2) is 77.4 Å². The SMILES string of the molecule is CC(C)(C)c1ccc(C2=N/C(=C/C=C/c3ccccc3)C(=O)O2)cc1. The Hall–Kier alpha value is -2.94. The Bertz CT molecular complexity index is 851. The molecule has 3 heteroatoms. The van der Waals surface area contributed by atoms with Crippen molar-refractivity contribution >= 4 is 17.9 Å². The molecule has 0 amide bonds. The van der Waals surface area contributed by atoms with Gasteiger partial charge in [-0.3, -0.25) is 0 Å². The highest BCUT2D eigenvalue weighted by molar-refractivity contribution is 6.11. The lowest BCUT2D eigenvalue weighted by Gasteiger charge is -2.18. The number of cyclic esters (lactones) is 1. The summed E-state index contributed by atoms with van der Waals surface area (Å²) in [4.78, 5) is 16.3. The van der Waals surface area contributed by atoms with E-state index >= 15 is 0 Å². The molecule has 0 aliphatic carbocycles. The van der Waals surface area contributed by atoms with E-state index in [2.05, 4.69) is 25.8 Å². The van der Waals surface area contributed by atoms with Crippen molar-refractivity contribution in [2.75, 3.05) is 0 Å². The summed E-state index contributed by atoms with van der Waals surface area (Å²) in [7, 11) is 0. The van der Waals surface area contributed by atoms with Gasteiger partial charge in [0.25, 0.3) is 0 Å². The molecular formula is C22H21NO2. The summed E-state index contributed by atoms with van der Waals surface area (Å²) >= 11 is 0. The maximum Gasteiger partial charge on any atom is 0.363 e. The van der Waals surface area contributed by atoms with Crippen LogP contribution >= 0.6 is 0 Å². The van der Waals surface area contributed by atoms with E-state index < -0.39 is 5.97 Å². The summed E-state index contributed by atoms with van der Waals surface area (Å²) in [5.41, 5.74) is 3.48. The Morgan fingerprint density at radius 3 is 2.28 bits per heavy atom. The van der Waals surface area contributed by atoms with Crippen molar-refractivity contribution in [2.45, 2.75) is 26.2 Å². The minimum Gasteiger partial charge on any atom is -0.402 e. The maximum atomic E-state index is 12.0. The van der Waals surface area contributed by atoms with Gasteiger partial charge in [-0.05, 0) is 34.8 Å². The molecule has 0 unspecified atom stereocenters. The lowest BCUT2D eigenvalue weighted by atomic mass is 9.87. The number of ether oxygens (including phenoxy) is 1. The smallest absolute Gasteiger partial charge is 0.363 e. The zero-order valence-electron chi connectivity index (χ0n) is 14.7. The van der Waals surface area contributed by atoms with Gasteiger partial charge in [-0.25, -0.2) is 9.79 Å². The number of aliphatic imine (C=N–C) groups is 1. The molecular weight excluding hydrogens is 310 g/mol. The van der Waals surface area contributed by atoms with Crippen LogP contribution in [0.2, 0.25) is 0 Å². The summed E-state index contributed by atoms with van der Waals surface area (Å²) in [6, 6.07) is 17.9.